The first-order valence-corrected chi connectivity index (χ1v) is 5.20. The molecule has 3 atom stereocenters. The third-order valence-corrected chi connectivity index (χ3v) is 3.65. The Kier molecular flexibility index (Phi) is 2.13. The van der Waals surface area contributed by atoms with Gasteiger partial charge in [0, 0.05) is 18.6 Å². The molecule has 0 aromatic heterocycles. The summed E-state index contributed by atoms with van der Waals surface area (Å²) in [5.41, 5.74) is 6.22. The monoisotopic (exact) mass is 168 g/mol. The lowest BCUT2D eigenvalue weighted by molar-refractivity contribution is 0.304. The van der Waals surface area contributed by atoms with Gasteiger partial charge in [0.2, 0.25) is 0 Å². The molecule has 0 aliphatic carbocycles. The molecule has 0 aromatic rings. The van der Waals surface area contributed by atoms with Crippen LogP contribution in [0.4, 0.5) is 0 Å². The first-order valence-electron chi connectivity index (χ1n) is 5.20. The highest BCUT2D eigenvalue weighted by atomic mass is 15.2. The Morgan fingerprint density at radius 2 is 2.17 bits per heavy atom. The molecule has 0 saturated carbocycles. The van der Waals surface area contributed by atoms with Crippen molar-refractivity contribution in [3.05, 3.63) is 0 Å². The minimum atomic E-state index is 0.451. The lowest BCUT2D eigenvalue weighted by atomic mass is 9.88. The maximum absolute atomic E-state index is 6.22. The zero-order chi connectivity index (χ0) is 8.72. The van der Waals surface area contributed by atoms with Gasteiger partial charge in [-0.05, 0) is 31.2 Å². The minimum absolute atomic E-state index is 0.451. The molecule has 2 rings (SSSR count). The third-order valence-electron chi connectivity index (χ3n) is 3.65. The highest BCUT2D eigenvalue weighted by molar-refractivity contribution is 4.99. The van der Waals surface area contributed by atoms with Gasteiger partial charge in [0.05, 0.1) is 0 Å². The summed E-state index contributed by atoms with van der Waals surface area (Å²) in [6.45, 7) is 7.14. The largest absolute Gasteiger partial charge is 0.326 e. The molecule has 12 heavy (non-hydrogen) atoms. The summed E-state index contributed by atoms with van der Waals surface area (Å²) in [7, 11) is 0. The Bertz CT molecular complexity index is 167. The van der Waals surface area contributed by atoms with Crippen LogP contribution in [0.2, 0.25) is 0 Å². The van der Waals surface area contributed by atoms with E-state index in [0.29, 0.717) is 6.04 Å². The molecule has 0 unspecified atom stereocenters. The van der Waals surface area contributed by atoms with E-state index < -0.39 is 0 Å². The normalized spacial score (nSPS) is 42.5. The van der Waals surface area contributed by atoms with Gasteiger partial charge in [-0.2, -0.15) is 0 Å². The predicted octanol–water partition coefficient (Wildman–Crippen LogP) is 1.06. The first kappa shape index (κ1) is 8.52. The number of hydrogen-bond acceptors (Lipinski definition) is 2. The topological polar surface area (TPSA) is 29.3 Å². The molecule has 0 bridgehead atoms. The summed E-state index contributed by atoms with van der Waals surface area (Å²) < 4.78 is 0. The van der Waals surface area contributed by atoms with E-state index in [4.69, 9.17) is 5.73 Å². The van der Waals surface area contributed by atoms with Gasteiger partial charge in [0.1, 0.15) is 0 Å². The van der Waals surface area contributed by atoms with Crippen molar-refractivity contribution in [1.29, 1.82) is 0 Å². The van der Waals surface area contributed by atoms with Crippen molar-refractivity contribution < 1.29 is 0 Å². The number of nitrogens with two attached hydrogens (primary N) is 1. The van der Waals surface area contributed by atoms with Gasteiger partial charge in [-0.15, -0.1) is 0 Å². The van der Waals surface area contributed by atoms with Crippen LogP contribution in [0.25, 0.3) is 0 Å². The van der Waals surface area contributed by atoms with Crippen LogP contribution in [-0.2, 0) is 0 Å². The van der Waals surface area contributed by atoms with E-state index in [0.717, 1.165) is 17.9 Å². The molecule has 70 valence electrons. The summed E-state index contributed by atoms with van der Waals surface area (Å²) in [4.78, 5) is 2.59. The zero-order valence-electron chi connectivity index (χ0n) is 8.16. The Morgan fingerprint density at radius 1 is 1.42 bits per heavy atom. The van der Waals surface area contributed by atoms with E-state index in [-0.39, 0.29) is 0 Å². The molecule has 2 N–H and O–H groups in total. The van der Waals surface area contributed by atoms with Crippen LogP contribution in [0.1, 0.15) is 26.7 Å². The summed E-state index contributed by atoms with van der Waals surface area (Å²) >= 11 is 0. The van der Waals surface area contributed by atoms with Gasteiger partial charge in [-0.3, -0.25) is 4.90 Å². The molecular weight excluding hydrogens is 148 g/mol. The molecule has 0 amide bonds. The SMILES string of the molecule is CC(C)[C@H]1CN2CCC[C@H]2[C@H]1N. The van der Waals surface area contributed by atoms with Gasteiger partial charge in [0.15, 0.2) is 0 Å². The molecule has 2 heteroatoms. The Hall–Kier alpha value is -0.0800. The summed E-state index contributed by atoms with van der Waals surface area (Å²) in [5.74, 6) is 1.50. The van der Waals surface area contributed by atoms with Crippen LogP contribution < -0.4 is 5.73 Å². The zero-order valence-corrected chi connectivity index (χ0v) is 8.16. The van der Waals surface area contributed by atoms with E-state index in [1.807, 2.05) is 0 Å². The maximum atomic E-state index is 6.22. The number of rotatable bonds is 1. The van der Waals surface area contributed by atoms with Crippen molar-refractivity contribution in [2.24, 2.45) is 17.6 Å². The van der Waals surface area contributed by atoms with Crippen LogP contribution in [-0.4, -0.2) is 30.1 Å². The van der Waals surface area contributed by atoms with Gasteiger partial charge >= 0.3 is 0 Å². The van der Waals surface area contributed by atoms with Gasteiger partial charge in [0.25, 0.3) is 0 Å². The minimum Gasteiger partial charge on any atom is -0.326 e. The Balaban J connectivity index is 2.05. The molecule has 0 radical (unpaired) electrons. The Morgan fingerprint density at radius 3 is 2.75 bits per heavy atom. The predicted molar refractivity (Wildman–Crippen MR) is 50.9 cm³/mol. The maximum Gasteiger partial charge on any atom is 0.0251 e. The molecule has 2 saturated heterocycles. The van der Waals surface area contributed by atoms with Gasteiger partial charge < -0.3 is 5.73 Å². The summed E-state index contributed by atoms with van der Waals surface area (Å²) in [5, 5.41) is 0. The summed E-state index contributed by atoms with van der Waals surface area (Å²) in [6.07, 6.45) is 2.70. The molecule has 2 aliphatic heterocycles. The van der Waals surface area contributed by atoms with Crippen molar-refractivity contribution in [3.63, 3.8) is 0 Å². The van der Waals surface area contributed by atoms with Crippen molar-refractivity contribution in [1.82, 2.24) is 4.90 Å². The molecular formula is C10H20N2. The molecule has 2 aliphatic rings. The molecule has 0 aromatic carbocycles. The van der Waals surface area contributed by atoms with Crippen LogP contribution in [0.5, 0.6) is 0 Å². The second-order valence-corrected chi connectivity index (χ2v) is 4.69. The average Bonchev–Trinajstić information content (AvgIpc) is 2.53. The van der Waals surface area contributed by atoms with E-state index in [1.165, 1.54) is 25.9 Å². The lowest BCUT2D eigenvalue weighted by Gasteiger charge is -2.21. The number of nitrogens with zero attached hydrogens (tertiary/aromatic N) is 1. The Labute approximate surface area is 75.1 Å². The molecule has 2 heterocycles. The van der Waals surface area contributed by atoms with Crippen LogP contribution in [0.3, 0.4) is 0 Å². The fraction of sp³-hybridized carbons (Fsp3) is 1.00. The number of fused-ring (bicyclic) bond motifs is 1. The second-order valence-electron chi connectivity index (χ2n) is 4.69. The highest BCUT2D eigenvalue weighted by Gasteiger charge is 2.42. The first-order chi connectivity index (χ1) is 5.70. The van der Waals surface area contributed by atoms with Crippen molar-refractivity contribution in [2.45, 2.75) is 38.8 Å². The quantitative estimate of drug-likeness (QED) is 0.634. The van der Waals surface area contributed by atoms with E-state index in [9.17, 15) is 0 Å². The van der Waals surface area contributed by atoms with E-state index in [2.05, 4.69) is 18.7 Å². The van der Waals surface area contributed by atoms with Crippen molar-refractivity contribution >= 4 is 0 Å². The standard InChI is InChI=1S/C10H20N2/c1-7(2)8-6-12-5-3-4-9(12)10(8)11/h7-10H,3-6,11H2,1-2H3/t8-,9+,10+/m1/s1. The smallest absolute Gasteiger partial charge is 0.0251 e. The van der Waals surface area contributed by atoms with Crippen molar-refractivity contribution in [3.8, 4) is 0 Å². The van der Waals surface area contributed by atoms with Crippen LogP contribution >= 0.6 is 0 Å². The fourth-order valence-electron chi connectivity index (χ4n) is 2.85. The summed E-state index contributed by atoms with van der Waals surface area (Å²) in [6, 6.07) is 1.17. The average molecular weight is 168 g/mol. The lowest BCUT2D eigenvalue weighted by Crippen LogP contribution is -2.38. The van der Waals surface area contributed by atoms with Crippen molar-refractivity contribution in [2.75, 3.05) is 13.1 Å². The van der Waals surface area contributed by atoms with E-state index >= 15 is 0 Å². The molecule has 2 fully saturated rings. The van der Waals surface area contributed by atoms with Crippen LogP contribution in [0, 0.1) is 11.8 Å². The second kappa shape index (κ2) is 3.00. The number of hydrogen-bond donors (Lipinski definition) is 1. The third kappa shape index (κ3) is 1.17. The van der Waals surface area contributed by atoms with Crippen LogP contribution in [0.15, 0.2) is 0 Å². The molecule has 0 spiro atoms. The van der Waals surface area contributed by atoms with E-state index in [1.54, 1.807) is 0 Å². The fourth-order valence-corrected chi connectivity index (χ4v) is 2.85. The highest BCUT2D eigenvalue weighted by Crippen LogP contribution is 2.33. The molecule has 2 nitrogen and oxygen atoms in total. The van der Waals surface area contributed by atoms with Gasteiger partial charge in [-0.25, -0.2) is 0 Å². The van der Waals surface area contributed by atoms with Gasteiger partial charge in [-0.1, -0.05) is 13.8 Å².